The number of carbonyl (C=O) groups excluding carboxylic acids is 1. The first kappa shape index (κ1) is 23.7. The number of nitrogens with one attached hydrogen (secondary N) is 1. The number of hydrogen-bond acceptors (Lipinski definition) is 6. The van der Waals surface area contributed by atoms with Crippen LogP contribution < -0.4 is 19.5 Å². The summed E-state index contributed by atoms with van der Waals surface area (Å²) in [7, 11) is 4.39. The van der Waals surface area contributed by atoms with Crippen molar-refractivity contribution in [2.45, 2.75) is 6.92 Å². The van der Waals surface area contributed by atoms with E-state index in [2.05, 4.69) is 15.4 Å². The van der Waals surface area contributed by atoms with Crippen LogP contribution in [-0.2, 0) is 0 Å². The van der Waals surface area contributed by atoms with Gasteiger partial charge in [0.15, 0.2) is 29.0 Å². The normalized spacial score (nSPS) is 10.7. The van der Waals surface area contributed by atoms with E-state index in [1.807, 2.05) is 19.1 Å². The number of nitrogens with zero attached hydrogens (tertiary/aromatic N) is 3. The van der Waals surface area contributed by atoms with Crippen molar-refractivity contribution in [3.8, 4) is 34.3 Å². The molecule has 1 N–H and O–H groups in total. The van der Waals surface area contributed by atoms with Crippen molar-refractivity contribution in [1.29, 1.82) is 0 Å². The van der Waals surface area contributed by atoms with Gasteiger partial charge >= 0.3 is 0 Å². The van der Waals surface area contributed by atoms with Gasteiger partial charge in [-0.25, -0.2) is 18.4 Å². The quantitative estimate of drug-likeness (QED) is 0.409. The Morgan fingerprint density at radius 2 is 1.54 bits per heavy atom. The number of ether oxygens (including phenoxy) is 3. The number of carbonyl (C=O) groups is 1. The molecule has 0 unspecified atom stereocenters. The minimum absolute atomic E-state index is 0.162. The smallest absolute Gasteiger partial charge is 0.295 e. The van der Waals surface area contributed by atoms with E-state index in [0.29, 0.717) is 28.5 Å². The van der Waals surface area contributed by atoms with E-state index in [0.717, 1.165) is 17.7 Å². The Labute approximate surface area is 200 Å². The van der Waals surface area contributed by atoms with Crippen molar-refractivity contribution in [2.24, 2.45) is 0 Å². The molecule has 0 aliphatic carbocycles. The van der Waals surface area contributed by atoms with Crippen LogP contribution in [-0.4, -0.2) is 42.0 Å². The molecule has 8 nitrogen and oxygen atoms in total. The minimum Gasteiger partial charge on any atom is -0.493 e. The molecule has 0 saturated carbocycles. The molecule has 1 amide bonds. The van der Waals surface area contributed by atoms with Crippen LogP contribution in [0.3, 0.4) is 0 Å². The first-order valence-electron chi connectivity index (χ1n) is 10.5. The lowest BCUT2D eigenvalue weighted by molar-refractivity contribution is 0.101. The lowest BCUT2D eigenvalue weighted by atomic mass is 10.1. The Kier molecular flexibility index (Phi) is 6.63. The largest absolute Gasteiger partial charge is 0.493 e. The third-order valence-electron chi connectivity index (χ3n) is 5.19. The zero-order valence-corrected chi connectivity index (χ0v) is 19.4. The number of halogens is 2. The Balaban J connectivity index is 1.85. The summed E-state index contributed by atoms with van der Waals surface area (Å²) in [6, 6.07) is 13.7. The molecular formula is C25H22F2N4O4. The summed E-state index contributed by atoms with van der Waals surface area (Å²) >= 11 is 0. The molecule has 10 heteroatoms. The van der Waals surface area contributed by atoms with Crippen LogP contribution in [0.25, 0.3) is 17.1 Å². The van der Waals surface area contributed by atoms with Crippen molar-refractivity contribution in [1.82, 2.24) is 14.8 Å². The van der Waals surface area contributed by atoms with Gasteiger partial charge in [-0.2, -0.15) is 0 Å². The van der Waals surface area contributed by atoms with Crippen LogP contribution >= 0.6 is 0 Å². The number of anilines is 1. The molecular weight excluding hydrogens is 458 g/mol. The molecule has 0 saturated heterocycles. The fraction of sp³-hybridized carbons (Fsp3) is 0.160. The van der Waals surface area contributed by atoms with Gasteiger partial charge in [-0.3, -0.25) is 4.79 Å². The molecule has 4 rings (SSSR count). The summed E-state index contributed by atoms with van der Waals surface area (Å²) in [6.07, 6.45) is 0. The second-order valence-corrected chi connectivity index (χ2v) is 7.50. The van der Waals surface area contributed by atoms with E-state index in [4.69, 9.17) is 14.2 Å². The van der Waals surface area contributed by atoms with Crippen molar-refractivity contribution in [3.05, 3.63) is 77.6 Å². The van der Waals surface area contributed by atoms with Gasteiger partial charge in [-0.1, -0.05) is 17.7 Å². The van der Waals surface area contributed by atoms with E-state index >= 15 is 0 Å². The second kappa shape index (κ2) is 9.80. The summed E-state index contributed by atoms with van der Waals surface area (Å²) in [5, 5.41) is 7.02. The Bertz CT molecular complexity index is 1360. The molecule has 0 aliphatic heterocycles. The lowest BCUT2D eigenvalue weighted by Crippen LogP contribution is -2.14. The van der Waals surface area contributed by atoms with E-state index < -0.39 is 17.5 Å². The topological polar surface area (TPSA) is 87.5 Å². The average Bonchev–Trinajstić information content (AvgIpc) is 3.32. The fourth-order valence-electron chi connectivity index (χ4n) is 3.43. The SMILES string of the molecule is COc1cc(-c2nc(C(=O)Nc3ccc(C)cc3)nn2-c2ccc(F)c(F)c2)cc(OC)c1OC. The van der Waals surface area contributed by atoms with Crippen LogP contribution in [0.5, 0.6) is 17.2 Å². The third kappa shape index (κ3) is 4.77. The van der Waals surface area contributed by atoms with Crippen LogP contribution in [0.1, 0.15) is 16.2 Å². The molecule has 180 valence electrons. The summed E-state index contributed by atoms with van der Waals surface area (Å²) in [6.45, 7) is 1.93. The number of rotatable bonds is 7. The first-order valence-corrected chi connectivity index (χ1v) is 10.5. The number of amides is 1. The average molecular weight is 480 g/mol. The maximum absolute atomic E-state index is 14.0. The standard InChI is InChI=1S/C25H22F2N4O4/c1-14-5-7-16(8-6-14)28-25(32)23-29-24(31(30-23)17-9-10-18(26)19(27)13-17)15-11-20(33-2)22(35-4)21(12-15)34-3/h5-13H,1-4H3,(H,28,32). The number of methoxy groups -OCH3 is 3. The maximum atomic E-state index is 14.0. The maximum Gasteiger partial charge on any atom is 0.295 e. The zero-order valence-electron chi connectivity index (χ0n) is 19.4. The molecule has 0 fully saturated rings. The Morgan fingerprint density at radius 3 is 2.11 bits per heavy atom. The number of aryl methyl sites for hydroxylation is 1. The molecule has 0 bridgehead atoms. The van der Waals surface area contributed by atoms with Crippen molar-refractivity contribution < 1.29 is 27.8 Å². The van der Waals surface area contributed by atoms with Crippen LogP contribution in [0.2, 0.25) is 0 Å². The van der Waals surface area contributed by atoms with Crippen molar-refractivity contribution >= 4 is 11.6 Å². The summed E-state index contributed by atoms with van der Waals surface area (Å²) in [5.74, 6) is -1.64. The molecule has 1 heterocycles. The number of aromatic nitrogens is 3. The third-order valence-corrected chi connectivity index (χ3v) is 5.19. The molecule has 35 heavy (non-hydrogen) atoms. The lowest BCUT2D eigenvalue weighted by Gasteiger charge is -2.14. The Morgan fingerprint density at radius 1 is 0.886 bits per heavy atom. The van der Waals surface area contributed by atoms with E-state index in [-0.39, 0.29) is 17.3 Å². The van der Waals surface area contributed by atoms with Gasteiger partial charge in [0.2, 0.25) is 11.6 Å². The molecule has 0 spiro atoms. The zero-order chi connectivity index (χ0) is 25.1. The van der Waals surface area contributed by atoms with Gasteiger partial charge in [0.1, 0.15) is 0 Å². The molecule has 0 radical (unpaired) electrons. The van der Waals surface area contributed by atoms with Crippen LogP contribution in [0.4, 0.5) is 14.5 Å². The highest BCUT2D eigenvalue weighted by Crippen LogP contribution is 2.41. The van der Waals surface area contributed by atoms with Gasteiger partial charge in [0.25, 0.3) is 5.91 Å². The highest BCUT2D eigenvalue weighted by molar-refractivity contribution is 6.01. The predicted molar refractivity (Wildman–Crippen MR) is 125 cm³/mol. The molecule has 3 aromatic carbocycles. The number of hydrogen-bond donors (Lipinski definition) is 1. The van der Waals surface area contributed by atoms with Gasteiger partial charge in [0.05, 0.1) is 27.0 Å². The van der Waals surface area contributed by atoms with Gasteiger partial charge in [-0.15, -0.1) is 5.10 Å². The predicted octanol–water partition coefficient (Wildman–Crippen LogP) is 4.80. The summed E-state index contributed by atoms with van der Waals surface area (Å²) < 4.78 is 45.1. The van der Waals surface area contributed by atoms with Crippen molar-refractivity contribution in [2.75, 3.05) is 26.6 Å². The minimum atomic E-state index is -1.07. The highest BCUT2D eigenvalue weighted by Gasteiger charge is 2.23. The van der Waals surface area contributed by atoms with Gasteiger partial charge < -0.3 is 19.5 Å². The molecule has 0 aliphatic rings. The van der Waals surface area contributed by atoms with Gasteiger partial charge in [-0.05, 0) is 43.3 Å². The van der Waals surface area contributed by atoms with Gasteiger partial charge in [0, 0.05) is 17.3 Å². The van der Waals surface area contributed by atoms with E-state index in [1.54, 1.807) is 24.3 Å². The molecule has 0 atom stereocenters. The van der Waals surface area contributed by atoms with Crippen LogP contribution in [0, 0.1) is 18.6 Å². The molecule has 4 aromatic rings. The monoisotopic (exact) mass is 480 g/mol. The fourth-order valence-corrected chi connectivity index (χ4v) is 3.43. The van der Waals surface area contributed by atoms with Crippen LogP contribution in [0.15, 0.2) is 54.6 Å². The first-order chi connectivity index (χ1) is 16.8. The van der Waals surface area contributed by atoms with E-state index in [9.17, 15) is 13.6 Å². The summed E-state index contributed by atoms with van der Waals surface area (Å²) in [4.78, 5) is 17.3. The molecule has 1 aromatic heterocycles. The summed E-state index contributed by atoms with van der Waals surface area (Å²) in [5.41, 5.74) is 2.19. The highest BCUT2D eigenvalue weighted by atomic mass is 19.2. The van der Waals surface area contributed by atoms with E-state index in [1.165, 1.54) is 32.1 Å². The second-order valence-electron chi connectivity index (χ2n) is 7.50. The van der Waals surface area contributed by atoms with Crippen molar-refractivity contribution in [3.63, 3.8) is 0 Å². The Hall–Kier alpha value is -4.47. The number of benzene rings is 3.